The molecule has 0 fully saturated rings. The molecule has 0 spiro atoms. The normalized spacial score (nSPS) is 9.18. The number of hydrogen-bond acceptors (Lipinski definition) is 2. The molecule has 0 unspecified atom stereocenters. The lowest BCUT2D eigenvalue weighted by Gasteiger charge is -2.01. The van der Waals surface area contributed by atoms with Crippen molar-refractivity contribution in [3.63, 3.8) is 0 Å². The van der Waals surface area contributed by atoms with Crippen LogP contribution >= 0.6 is 11.8 Å². The molecule has 0 amide bonds. The minimum Gasteiger partial charge on any atom is -0.491 e. The summed E-state index contributed by atoms with van der Waals surface area (Å²) in [4.78, 5) is 1.15. The molecule has 1 rings (SSSR count). The summed E-state index contributed by atoms with van der Waals surface area (Å²) < 4.78 is 4.92. The number of methoxy groups -OCH3 is 1. The highest BCUT2D eigenvalue weighted by molar-refractivity contribution is 8.02. The van der Waals surface area contributed by atoms with Crippen molar-refractivity contribution in [2.75, 3.05) is 7.11 Å². The van der Waals surface area contributed by atoms with Gasteiger partial charge in [-0.1, -0.05) is 30.0 Å². The van der Waals surface area contributed by atoms with E-state index in [0.29, 0.717) is 0 Å². The van der Waals surface area contributed by atoms with E-state index in [-0.39, 0.29) is 0 Å². The van der Waals surface area contributed by atoms with Crippen molar-refractivity contribution in [2.45, 2.75) is 4.90 Å². The van der Waals surface area contributed by atoms with Gasteiger partial charge >= 0.3 is 0 Å². The van der Waals surface area contributed by atoms with Crippen molar-refractivity contribution in [3.8, 4) is 0 Å². The summed E-state index contributed by atoms with van der Waals surface area (Å²) in [6, 6.07) is 10.0. The number of rotatable bonds is 3. The van der Waals surface area contributed by atoms with Crippen molar-refractivity contribution in [1.29, 1.82) is 0 Å². The lowest BCUT2D eigenvalue weighted by molar-refractivity contribution is 0.326. The Balaban J connectivity index is 2.58. The van der Waals surface area contributed by atoms with Crippen LogP contribution in [0.25, 0.3) is 0 Å². The van der Waals surface area contributed by atoms with E-state index in [4.69, 9.17) is 4.74 Å². The third-order valence-electron chi connectivity index (χ3n) is 1.20. The molecule has 0 radical (unpaired) electrons. The molecule has 58 valence electrons. The molecule has 0 N–H and O–H groups in total. The number of thioether (sulfide) groups is 1. The van der Waals surface area contributed by atoms with Gasteiger partial charge in [0.1, 0.15) is 5.09 Å². The first-order chi connectivity index (χ1) is 5.33. The van der Waals surface area contributed by atoms with Gasteiger partial charge in [-0.2, -0.15) is 0 Å². The maximum Gasteiger partial charge on any atom is 0.150 e. The fraction of sp³-hybridized carbons (Fsp3) is 0.111. The molecule has 0 aliphatic carbocycles. The highest BCUT2D eigenvalue weighted by atomic mass is 32.2. The summed E-state index contributed by atoms with van der Waals surface area (Å²) >= 11 is 1.53. The zero-order chi connectivity index (χ0) is 8.10. The van der Waals surface area contributed by atoms with Crippen LogP contribution in [0.1, 0.15) is 0 Å². The second-order valence-corrected chi connectivity index (χ2v) is 3.12. The van der Waals surface area contributed by atoms with Crippen molar-refractivity contribution in [1.82, 2.24) is 0 Å². The standard InChI is InChI=1S/C9H10OS/c1-8(10-2)11-9-6-4-3-5-7-9/h3-7H,1H2,2H3. The Bertz CT molecular complexity index is 231. The quantitative estimate of drug-likeness (QED) is 0.504. The molecule has 0 atom stereocenters. The van der Waals surface area contributed by atoms with Crippen LogP contribution in [-0.2, 0) is 4.74 Å². The molecule has 0 saturated carbocycles. The van der Waals surface area contributed by atoms with Crippen LogP contribution in [0.5, 0.6) is 0 Å². The predicted octanol–water partition coefficient (Wildman–Crippen LogP) is 2.90. The van der Waals surface area contributed by atoms with Gasteiger partial charge in [-0.05, 0) is 18.7 Å². The van der Waals surface area contributed by atoms with Crippen LogP contribution < -0.4 is 0 Å². The van der Waals surface area contributed by atoms with Crippen molar-refractivity contribution < 1.29 is 4.74 Å². The van der Waals surface area contributed by atoms with E-state index in [2.05, 4.69) is 6.58 Å². The Kier molecular flexibility index (Phi) is 3.05. The zero-order valence-corrected chi connectivity index (χ0v) is 7.23. The third-order valence-corrected chi connectivity index (χ3v) is 2.10. The van der Waals surface area contributed by atoms with Gasteiger partial charge < -0.3 is 4.74 Å². The monoisotopic (exact) mass is 166 g/mol. The maximum absolute atomic E-state index is 4.92. The van der Waals surface area contributed by atoms with E-state index in [9.17, 15) is 0 Å². The van der Waals surface area contributed by atoms with E-state index < -0.39 is 0 Å². The number of benzene rings is 1. The predicted molar refractivity (Wildman–Crippen MR) is 48.4 cm³/mol. The lowest BCUT2D eigenvalue weighted by Crippen LogP contribution is -1.76. The van der Waals surface area contributed by atoms with Gasteiger partial charge in [0.25, 0.3) is 0 Å². The fourth-order valence-electron chi connectivity index (χ4n) is 0.662. The van der Waals surface area contributed by atoms with Crippen LogP contribution in [0, 0.1) is 0 Å². The van der Waals surface area contributed by atoms with Gasteiger partial charge in [-0.25, -0.2) is 0 Å². The summed E-state index contributed by atoms with van der Waals surface area (Å²) in [7, 11) is 1.62. The molecule has 1 aromatic rings. The molecule has 0 aliphatic heterocycles. The van der Waals surface area contributed by atoms with E-state index in [0.717, 1.165) is 9.99 Å². The van der Waals surface area contributed by atoms with Gasteiger partial charge in [-0.3, -0.25) is 0 Å². The fourth-order valence-corrected chi connectivity index (χ4v) is 1.30. The summed E-state index contributed by atoms with van der Waals surface area (Å²) in [5.74, 6) is 0. The first-order valence-corrected chi connectivity index (χ1v) is 4.10. The molecule has 2 heteroatoms. The van der Waals surface area contributed by atoms with Crippen LogP contribution in [0.15, 0.2) is 46.9 Å². The van der Waals surface area contributed by atoms with Crippen molar-refractivity contribution in [3.05, 3.63) is 42.0 Å². The second-order valence-electron chi connectivity index (χ2n) is 1.99. The largest absolute Gasteiger partial charge is 0.491 e. The Morgan fingerprint density at radius 2 is 2.00 bits per heavy atom. The van der Waals surface area contributed by atoms with Crippen LogP contribution in [-0.4, -0.2) is 7.11 Å². The summed E-state index contributed by atoms with van der Waals surface area (Å²) in [5, 5.41) is 0.719. The molecule has 1 nitrogen and oxygen atoms in total. The third kappa shape index (κ3) is 2.68. The van der Waals surface area contributed by atoms with Gasteiger partial charge in [0.15, 0.2) is 0 Å². The van der Waals surface area contributed by atoms with Crippen molar-refractivity contribution >= 4 is 11.8 Å². The molecule has 11 heavy (non-hydrogen) atoms. The first-order valence-electron chi connectivity index (χ1n) is 3.28. The van der Waals surface area contributed by atoms with Crippen molar-refractivity contribution in [2.24, 2.45) is 0 Å². The second kappa shape index (κ2) is 4.09. The first kappa shape index (κ1) is 8.21. The highest BCUT2D eigenvalue weighted by Crippen LogP contribution is 2.24. The Morgan fingerprint density at radius 3 is 2.55 bits per heavy atom. The molecule has 0 bridgehead atoms. The Morgan fingerprint density at radius 1 is 1.36 bits per heavy atom. The average Bonchev–Trinajstić information content (AvgIpc) is 2.06. The Labute approximate surface area is 71.1 Å². The maximum atomic E-state index is 4.92. The lowest BCUT2D eigenvalue weighted by atomic mass is 10.4. The minimum absolute atomic E-state index is 0.719. The van der Waals surface area contributed by atoms with E-state index in [1.165, 1.54) is 11.8 Å². The molecular weight excluding hydrogens is 156 g/mol. The molecular formula is C9H10OS. The molecule has 0 aromatic heterocycles. The summed E-state index contributed by atoms with van der Waals surface area (Å²) in [6.45, 7) is 3.71. The van der Waals surface area contributed by atoms with E-state index >= 15 is 0 Å². The molecule has 0 saturated heterocycles. The SMILES string of the molecule is C=C(OC)Sc1ccccc1. The van der Waals surface area contributed by atoms with Gasteiger partial charge in [-0.15, -0.1) is 0 Å². The zero-order valence-electron chi connectivity index (χ0n) is 6.41. The smallest absolute Gasteiger partial charge is 0.150 e. The molecule has 0 aliphatic rings. The van der Waals surface area contributed by atoms with Crippen LogP contribution in [0.4, 0.5) is 0 Å². The molecule has 1 aromatic carbocycles. The van der Waals surface area contributed by atoms with Crippen LogP contribution in [0.3, 0.4) is 0 Å². The number of hydrogen-bond donors (Lipinski definition) is 0. The van der Waals surface area contributed by atoms with Crippen LogP contribution in [0.2, 0.25) is 0 Å². The van der Waals surface area contributed by atoms with Gasteiger partial charge in [0.2, 0.25) is 0 Å². The summed E-state index contributed by atoms with van der Waals surface area (Å²) in [6.07, 6.45) is 0. The molecule has 0 heterocycles. The highest BCUT2D eigenvalue weighted by Gasteiger charge is 1.94. The summed E-state index contributed by atoms with van der Waals surface area (Å²) in [5.41, 5.74) is 0. The van der Waals surface area contributed by atoms with Gasteiger partial charge in [0, 0.05) is 4.90 Å². The Hall–Kier alpha value is -0.890. The van der Waals surface area contributed by atoms with E-state index in [1.54, 1.807) is 7.11 Å². The van der Waals surface area contributed by atoms with Gasteiger partial charge in [0.05, 0.1) is 7.11 Å². The minimum atomic E-state index is 0.719. The topological polar surface area (TPSA) is 9.23 Å². The average molecular weight is 166 g/mol. The van der Waals surface area contributed by atoms with E-state index in [1.807, 2.05) is 30.3 Å². The number of ether oxygens (including phenoxy) is 1.